The predicted octanol–water partition coefficient (Wildman–Crippen LogP) is 2.16. The Morgan fingerprint density at radius 1 is 1.47 bits per heavy atom. The lowest BCUT2D eigenvalue weighted by Gasteiger charge is -1.99. The minimum absolute atomic E-state index is 0.0167. The molecule has 15 heavy (non-hydrogen) atoms. The van der Waals surface area contributed by atoms with Crippen molar-refractivity contribution in [3.8, 4) is 6.07 Å². The van der Waals surface area contributed by atoms with E-state index in [1.807, 2.05) is 36.4 Å². The van der Waals surface area contributed by atoms with Gasteiger partial charge in [0.25, 0.3) is 0 Å². The lowest BCUT2D eigenvalue weighted by atomic mass is 10.1. The zero-order chi connectivity index (χ0) is 11.1. The van der Waals surface area contributed by atoms with Crippen molar-refractivity contribution in [1.29, 1.82) is 5.26 Å². The number of nitriles is 1. The molecule has 1 aromatic rings. The molecular weight excluding hydrogens is 190 g/mol. The summed E-state index contributed by atoms with van der Waals surface area (Å²) in [7, 11) is 0. The molecule has 0 amide bonds. The highest BCUT2D eigenvalue weighted by Crippen LogP contribution is 2.07. The second-order valence-corrected chi connectivity index (χ2v) is 2.80. The van der Waals surface area contributed by atoms with Crippen molar-refractivity contribution >= 4 is 12.0 Å². The van der Waals surface area contributed by atoms with Gasteiger partial charge < -0.3 is 4.74 Å². The van der Waals surface area contributed by atoms with Gasteiger partial charge in [0, 0.05) is 0 Å². The van der Waals surface area contributed by atoms with Crippen LogP contribution in [0.15, 0.2) is 35.9 Å². The van der Waals surface area contributed by atoms with Crippen LogP contribution in [-0.4, -0.2) is 12.6 Å². The molecular formula is C12H11NO2. The van der Waals surface area contributed by atoms with Crippen LogP contribution in [0.25, 0.3) is 6.08 Å². The summed E-state index contributed by atoms with van der Waals surface area (Å²) in [6.07, 6.45) is 1.51. The van der Waals surface area contributed by atoms with Gasteiger partial charge in [0.1, 0.15) is 11.6 Å². The third-order valence-electron chi connectivity index (χ3n) is 1.73. The van der Waals surface area contributed by atoms with E-state index in [0.717, 1.165) is 5.56 Å². The fourth-order valence-electron chi connectivity index (χ4n) is 1.06. The van der Waals surface area contributed by atoms with Crippen LogP contribution >= 0.6 is 0 Å². The number of rotatable bonds is 3. The van der Waals surface area contributed by atoms with Gasteiger partial charge in [-0.15, -0.1) is 0 Å². The number of carbonyl (C=O) groups is 1. The third-order valence-corrected chi connectivity index (χ3v) is 1.73. The Hall–Kier alpha value is -2.08. The molecule has 0 bridgehead atoms. The minimum atomic E-state index is -0.580. The minimum Gasteiger partial charge on any atom is -0.462 e. The Morgan fingerprint density at radius 2 is 2.13 bits per heavy atom. The normalized spacial score (nSPS) is 10.5. The first-order chi connectivity index (χ1) is 7.27. The molecule has 0 saturated carbocycles. The van der Waals surface area contributed by atoms with E-state index < -0.39 is 5.97 Å². The molecule has 0 aromatic heterocycles. The first kappa shape index (κ1) is 11.0. The largest absolute Gasteiger partial charge is 0.462 e. The molecule has 0 spiro atoms. The van der Waals surface area contributed by atoms with E-state index in [-0.39, 0.29) is 12.2 Å². The lowest BCUT2D eigenvalue weighted by molar-refractivity contribution is -0.137. The van der Waals surface area contributed by atoms with Crippen LogP contribution in [0, 0.1) is 11.3 Å². The molecule has 0 unspecified atom stereocenters. The average molecular weight is 201 g/mol. The zero-order valence-electron chi connectivity index (χ0n) is 8.43. The summed E-state index contributed by atoms with van der Waals surface area (Å²) >= 11 is 0. The van der Waals surface area contributed by atoms with Crippen molar-refractivity contribution in [1.82, 2.24) is 0 Å². The fraction of sp³-hybridized carbons (Fsp3) is 0.167. The number of carbonyl (C=O) groups excluding carboxylic acids is 1. The summed E-state index contributed by atoms with van der Waals surface area (Å²) in [6.45, 7) is 1.97. The van der Waals surface area contributed by atoms with Crippen molar-refractivity contribution in [2.75, 3.05) is 6.61 Å². The summed E-state index contributed by atoms with van der Waals surface area (Å²) < 4.78 is 4.74. The number of benzene rings is 1. The topological polar surface area (TPSA) is 50.1 Å². The van der Waals surface area contributed by atoms with Crippen molar-refractivity contribution in [2.45, 2.75) is 6.92 Å². The van der Waals surface area contributed by atoms with Crippen molar-refractivity contribution in [3.05, 3.63) is 41.5 Å². The van der Waals surface area contributed by atoms with E-state index in [1.54, 1.807) is 6.92 Å². The Kier molecular flexibility index (Phi) is 4.11. The molecule has 0 saturated heterocycles. The van der Waals surface area contributed by atoms with Crippen molar-refractivity contribution < 1.29 is 9.53 Å². The fourth-order valence-corrected chi connectivity index (χ4v) is 1.06. The van der Waals surface area contributed by atoms with E-state index in [4.69, 9.17) is 10.00 Å². The van der Waals surface area contributed by atoms with Gasteiger partial charge in [-0.1, -0.05) is 30.3 Å². The maximum absolute atomic E-state index is 11.3. The van der Waals surface area contributed by atoms with E-state index in [0.29, 0.717) is 0 Å². The molecule has 0 N–H and O–H groups in total. The maximum atomic E-state index is 11.3. The summed E-state index contributed by atoms with van der Waals surface area (Å²) in [4.78, 5) is 11.3. The summed E-state index contributed by atoms with van der Waals surface area (Å²) in [5.74, 6) is -0.580. The summed E-state index contributed by atoms with van der Waals surface area (Å²) in [5, 5.41) is 8.77. The smallest absolute Gasteiger partial charge is 0.348 e. The van der Waals surface area contributed by atoms with Crippen LogP contribution in [0.5, 0.6) is 0 Å². The van der Waals surface area contributed by atoms with Gasteiger partial charge in [-0.05, 0) is 18.6 Å². The molecule has 0 atom stereocenters. The SMILES string of the molecule is CCOC(=O)C(C#N)=Cc1ccccc1. The standard InChI is InChI=1S/C12H11NO2/c1-2-15-12(14)11(9-13)8-10-6-4-3-5-7-10/h3-8H,2H2,1H3. The first-order valence-corrected chi connectivity index (χ1v) is 4.62. The van der Waals surface area contributed by atoms with Gasteiger partial charge in [0.15, 0.2) is 0 Å². The summed E-state index contributed by atoms with van der Waals surface area (Å²) in [6, 6.07) is 11.0. The molecule has 0 aliphatic rings. The summed E-state index contributed by atoms with van der Waals surface area (Å²) in [5.41, 5.74) is 0.824. The predicted molar refractivity (Wildman–Crippen MR) is 56.7 cm³/mol. The molecule has 1 aromatic carbocycles. The van der Waals surface area contributed by atoms with Crippen LogP contribution in [0.4, 0.5) is 0 Å². The zero-order valence-corrected chi connectivity index (χ0v) is 8.43. The van der Waals surface area contributed by atoms with Crippen molar-refractivity contribution in [2.24, 2.45) is 0 Å². The second-order valence-electron chi connectivity index (χ2n) is 2.80. The number of nitrogens with zero attached hydrogens (tertiary/aromatic N) is 1. The molecule has 76 valence electrons. The number of hydrogen-bond donors (Lipinski definition) is 0. The van der Waals surface area contributed by atoms with Gasteiger partial charge in [0.05, 0.1) is 6.61 Å². The molecule has 3 heteroatoms. The second kappa shape index (κ2) is 5.61. The van der Waals surface area contributed by atoms with E-state index >= 15 is 0 Å². The lowest BCUT2D eigenvalue weighted by Crippen LogP contribution is -2.05. The van der Waals surface area contributed by atoms with Crippen LogP contribution in [0.3, 0.4) is 0 Å². The van der Waals surface area contributed by atoms with Gasteiger partial charge >= 0.3 is 5.97 Å². The number of hydrogen-bond acceptors (Lipinski definition) is 3. The average Bonchev–Trinajstić information content (AvgIpc) is 2.27. The molecule has 1 rings (SSSR count). The molecule has 3 nitrogen and oxygen atoms in total. The van der Waals surface area contributed by atoms with Crippen LogP contribution in [0.1, 0.15) is 12.5 Å². The quantitative estimate of drug-likeness (QED) is 0.427. The molecule has 0 heterocycles. The highest BCUT2D eigenvalue weighted by Gasteiger charge is 2.08. The molecule has 0 fully saturated rings. The Morgan fingerprint density at radius 3 is 2.67 bits per heavy atom. The van der Waals surface area contributed by atoms with Crippen LogP contribution in [0.2, 0.25) is 0 Å². The van der Waals surface area contributed by atoms with Crippen molar-refractivity contribution in [3.63, 3.8) is 0 Å². The molecule has 0 radical (unpaired) electrons. The number of esters is 1. The highest BCUT2D eigenvalue weighted by molar-refractivity contribution is 5.97. The van der Waals surface area contributed by atoms with Gasteiger partial charge in [0.2, 0.25) is 0 Å². The Labute approximate surface area is 88.6 Å². The first-order valence-electron chi connectivity index (χ1n) is 4.62. The third kappa shape index (κ3) is 3.28. The number of ether oxygens (including phenoxy) is 1. The monoisotopic (exact) mass is 201 g/mol. The van der Waals surface area contributed by atoms with Crippen LogP contribution < -0.4 is 0 Å². The Bertz CT molecular complexity index is 401. The highest BCUT2D eigenvalue weighted by atomic mass is 16.5. The van der Waals surface area contributed by atoms with E-state index in [1.165, 1.54) is 6.08 Å². The van der Waals surface area contributed by atoms with E-state index in [9.17, 15) is 4.79 Å². The van der Waals surface area contributed by atoms with Gasteiger partial charge in [-0.25, -0.2) is 4.79 Å². The van der Waals surface area contributed by atoms with Gasteiger partial charge in [-0.2, -0.15) is 5.26 Å². The van der Waals surface area contributed by atoms with Gasteiger partial charge in [-0.3, -0.25) is 0 Å². The molecule has 0 aliphatic carbocycles. The van der Waals surface area contributed by atoms with Crippen LogP contribution in [-0.2, 0) is 9.53 Å². The maximum Gasteiger partial charge on any atom is 0.348 e. The Balaban J connectivity index is 2.89. The van der Waals surface area contributed by atoms with E-state index in [2.05, 4.69) is 0 Å². The molecule has 0 aliphatic heterocycles.